The van der Waals surface area contributed by atoms with Gasteiger partial charge in [-0.1, -0.05) is 49.0 Å². The fraction of sp³-hybridized carbons (Fsp3) is 0.0667. The standard InChI is InChI=1S/C15H14O/c1-12(11-13-5-3-2-4-6-13)14-7-9-15(16)10-8-14/h2-10,16H,1,11H2. The summed E-state index contributed by atoms with van der Waals surface area (Å²) in [7, 11) is 0. The molecule has 0 aromatic heterocycles. The van der Waals surface area contributed by atoms with Crippen LogP contribution in [-0.4, -0.2) is 5.11 Å². The summed E-state index contributed by atoms with van der Waals surface area (Å²) in [5.74, 6) is 0.288. The molecule has 0 aliphatic carbocycles. The van der Waals surface area contributed by atoms with Crippen molar-refractivity contribution in [2.24, 2.45) is 0 Å². The Balaban J connectivity index is 2.12. The topological polar surface area (TPSA) is 20.2 Å². The van der Waals surface area contributed by atoms with Crippen molar-refractivity contribution < 1.29 is 5.11 Å². The lowest BCUT2D eigenvalue weighted by Gasteiger charge is -2.06. The number of phenols is 1. The maximum atomic E-state index is 9.20. The molecule has 0 spiro atoms. The van der Waals surface area contributed by atoms with Gasteiger partial charge in [0.1, 0.15) is 5.75 Å². The number of benzene rings is 2. The van der Waals surface area contributed by atoms with Crippen LogP contribution in [0, 0.1) is 0 Å². The van der Waals surface area contributed by atoms with Crippen LogP contribution in [0.4, 0.5) is 0 Å². The van der Waals surface area contributed by atoms with Gasteiger partial charge in [0.2, 0.25) is 0 Å². The largest absolute Gasteiger partial charge is 0.508 e. The number of hydrogen-bond donors (Lipinski definition) is 1. The lowest BCUT2D eigenvalue weighted by molar-refractivity contribution is 0.475. The van der Waals surface area contributed by atoms with E-state index in [1.807, 2.05) is 30.3 Å². The highest BCUT2D eigenvalue weighted by atomic mass is 16.3. The first kappa shape index (κ1) is 10.5. The van der Waals surface area contributed by atoms with Crippen molar-refractivity contribution in [3.63, 3.8) is 0 Å². The van der Waals surface area contributed by atoms with Gasteiger partial charge in [-0.15, -0.1) is 0 Å². The first-order chi connectivity index (χ1) is 7.75. The van der Waals surface area contributed by atoms with Crippen molar-refractivity contribution in [3.05, 3.63) is 72.3 Å². The van der Waals surface area contributed by atoms with Gasteiger partial charge in [0.25, 0.3) is 0 Å². The van der Waals surface area contributed by atoms with Gasteiger partial charge in [-0.25, -0.2) is 0 Å². The van der Waals surface area contributed by atoms with Gasteiger partial charge in [0.05, 0.1) is 0 Å². The second-order valence-corrected chi connectivity index (χ2v) is 3.81. The first-order valence-electron chi connectivity index (χ1n) is 5.27. The van der Waals surface area contributed by atoms with Crippen molar-refractivity contribution in [1.29, 1.82) is 0 Å². The molecule has 0 heterocycles. The Morgan fingerprint density at radius 1 is 0.938 bits per heavy atom. The fourth-order valence-corrected chi connectivity index (χ4v) is 1.64. The number of hydrogen-bond acceptors (Lipinski definition) is 1. The van der Waals surface area contributed by atoms with Gasteiger partial charge >= 0.3 is 0 Å². The quantitative estimate of drug-likeness (QED) is 0.819. The van der Waals surface area contributed by atoms with Crippen LogP contribution in [-0.2, 0) is 6.42 Å². The molecule has 2 aromatic rings. The van der Waals surface area contributed by atoms with E-state index in [0.717, 1.165) is 17.6 Å². The lowest BCUT2D eigenvalue weighted by Crippen LogP contribution is -1.88. The third-order valence-electron chi connectivity index (χ3n) is 2.54. The number of aromatic hydroxyl groups is 1. The van der Waals surface area contributed by atoms with E-state index < -0.39 is 0 Å². The lowest BCUT2D eigenvalue weighted by atomic mass is 10.00. The van der Waals surface area contributed by atoms with Crippen molar-refractivity contribution in [3.8, 4) is 5.75 Å². The zero-order chi connectivity index (χ0) is 11.4. The fourth-order valence-electron chi connectivity index (χ4n) is 1.64. The molecule has 2 aromatic carbocycles. The molecular formula is C15H14O. The van der Waals surface area contributed by atoms with Crippen LogP contribution in [0.25, 0.3) is 5.57 Å². The molecule has 1 N–H and O–H groups in total. The van der Waals surface area contributed by atoms with Crippen LogP contribution in [0.3, 0.4) is 0 Å². The Hall–Kier alpha value is -2.02. The van der Waals surface area contributed by atoms with Crippen LogP contribution in [0.15, 0.2) is 61.2 Å². The zero-order valence-corrected chi connectivity index (χ0v) is 9.06. The van der Waals surface area contributed by atoms with Crippen molar-refractivity contribution in [2.45, 2.75) is 6.42 Å². The molecular weight excluding hydrogens is 196 g/mol. The van der Waals surface area contributed by atoms with Gasteiger partial charge in [-0.3, -0.25) is 0 Å². The highest BCUT2D eigenvalue weighted by Gasteiger charge is 2.00. The summed E-state index contributed by atoms with van der Waals surface area (Å²) in [6.07, 6.45) is 0.839. The van der Waals surface area contributed by atoms with Crippen LogP contribution >= 0.6 is 0 Å². The predicted molar refractivity (Wildman–Crippen MR) is 67.3 cm³/mol. The zero-order valence-electron chi connectivity index (χ0n) is 9.06. The van der Waals surface area contributed by atoms with E-state index in [0.29, 0.717) is 0 Å². The number of allylic oxidation sites excluding steroid dienone is 1. The number of rotatable bonds is 3. The average molecular weight is 210 g/mol. The highest BCUT2D eigenvalue weighted by Crippen LogP contribution is 2.20. The predicted octanol–water partition coefficient (Wildman–Crippen LogP) is 3.65. The molecule has 80 valence electrons. The van der Waals surface area contributed by atoms with Gasteiger partial charge in [-0.05, 0) is 35.3 Å². The van der Waals surface area contributed by atoms with E-state index in [-0.39, 0.29) is 5.75 Å². The van der Waals surface area contributed by atoms with E-state index in [4.69, 9.17) is 0 Å². The minimum absolute atomic E-state index is 0.288. The summed E-state index contributed by atoms with van der Waals surface area (Å²) in [4.78, 5) is 0. The molecule has 0 unspecified atom stereocenters. The van der Waals surface area contributed by atoms with Crippen LogP contribution < -0.4 is 0 Å². The Kier molecular flexibility index (Phi) is 3.06. The molecule has 0 radical (unpaired) electrons. The normalized spacial score (nSPS) is 10.0. The third kappa shape index (κ3) is 2.51. The summed E-state index contributed by atoms with van der Waals surface area (Å²) < 4.78 is 0. The van der Waals surface area contributed by atoms with Crippen molar-refractivity contribution in [2.75, 3.05) is 0 Å². The smallest absolute Gasteiger partial charge is 0.115 e. The SMILES string of the molecule is C=C(Cc1ccccc1)c1ccc(O)cc1. The van der Waals surface area contributed by atoms with Crippen LogP contribution in [0.1, 0.15) is 11.1 Å². The Morgan fingerprint density at radius 3 is 2.19 bits per heavy atom. The second-order valence-electron chi connectivity index (χ2n) is 3.81. The van der Waals surface area contributed by atoms with Crippen LogP contribution in [0.2, 0.25) is 0 Å². The molecule has 0 saturated heterocycles. The summed E-state index contributed by atoms with van der Waals surface area (Å²) in [5.41, 5.74) is 3.38. The summed E-state index contributed by atoms with van der Waals surface area (Å²) in [5, 5.41) is 9.20. The Bertz CT molecular complexity index is 469. The highest BCUT2D eigenvalue weighted by molar-refractivity contribution is 5.66. The second kappa shape index (κ2) is 4.67. The van der Waals surface area contributed by atoms with Gasteiger partial charge < -0.3 is 5.11 Å². The van der Waals surface area contributed by atoms with Crippen LogP contribution in [0.5, 0.6) is 5.75 Å². The maximum Gasteiger partial charge on any atom is 0.115 e. The molecule has 0 aliphatic heterocycles. The van der Waals surface area contributed by atoms with E-state index in [1.54, 1.807) is 12.1 Å². The molecule has 0 bridgehead atoms. The molecule has 0 aliphatic rings. The maximum absolute atomic E-state index is 9.20. The van der Waals surface area contributed by atoms with E-state index >= 15 is 0 Å². The summed E-state index contributed by atoms with van der Waals surface area (Å²) in [6, 6.07) is 17.4. The molecule has 1 nitrogen and oxygen atoms in total. The molecule has 1 heteroatoms. The average Bonchev–Trinajstić information content (AvgIpc) is 2.31. The summed E-state index contributed by atoms with van der Waals surface area (Å²) in [6.45, 7) is 4.07. The van der Waals surface area contributed by atoms with Crippen molar-refractivity contribution >= 4 is 5.57 Å². The molecule has 16 heavy (non-hydrogen) atoms. The van der Waals surface area contributed by atoms with Gasteiger partial charge in [-0.2, -0.15) is 0 Å². The molecule has 0 saturated carbocycles. The minimum atomic E-state index is 0.288. The Labute approximate surface area is 95.7 Å². The molecule has 0 atom stereocenters. The summed E-state index contributed by atoms with van der Waals surface area (Å²) >= 11 is 0. The van der Waals surface area contributed by atoms with Gasteiger partial charge in [0, 0.05) is 0 Å². The third-order valence-corrected chi connectivity index (χ3v) is 2.54. The number of phenolic OH excluding ortho intramolecular Hbond substituents is 1. The molecule has 2 rings (SSSR count). The molecule has 0 fully saturated rings. The van der Waals surface area contributed by atoms with Gasteiger partial charge in [0.15, 0.2) is 0 Å². The first-order valence-corrected chi connectivity index (χ1v) is 5.27. The van der Waals surface area contributed by atoms with Crippen molar-refractivity contribution in [1.82, 2.24) is 0 Å². The van der Waals surface area contributed by atoms with E-state index in [2.05, 4.69) is 18.7 Å². The Morgan fingerprint density at radius 2 is 1.56 bits per heavy atom. The van der Waals surface area contributed by atoms with E-state index in [9.17, 15) is 5.11 Å². The monoisotopic (exact) mass is 210 g/mol. The van der Waals surface area contributed by atoms with E-state index in [1.165, 1.54) is 5.56 Å². The minimum Gasteiger partial charge on any atom is -0.508 e. The molecule has 0 amide bonds.